The molecular weight excluding hydrogens is 703 g/mol. The van der Waals surface area contributed by atoms with Gasteiger partial charge in [-0.1, -0.05) is 97.0 Å². The van der Waals surface area contributed by atoms with Gasteiger partial charge in [0.2, 0.25) is 5.91 Å². The number of rotatable bonds is 8. The molecule has 9 rings (SSSR count). The third-order valence-electron chi connectivity index (χ3n) is 19.2. The number of benzene rings is 2. The monoisotopic (exact) mass is 774 g/mol. The fourth-order valence-corrected chi connectivity index (χ4v) is 16.4. The Balaban J connectivity index is 0.938. The van der Waals surface area contributed by atoms with E-state index in [0.717, 1.165) is 45.3 Å². The van der Waals surface area contributed by atoms with Crippen LogP contribution in [-0.2, 0) is 11.3 Å². The van der Waals surface area contributed by atoms with Gasteiger partial charge in [-0.25, -0.2) is 4.79 Å². The van der Waals surface area contributed by atoms with E-state index in [1.165, 1.54) is 55.2 Å². The summed E-state index contributed by atoms with van der Waals surface area (Å²) in [6, 6.07) is 19.0. The molecule has 6 heteroatoms. The predicted octanol–water partition coefficient (Wildman–Crippen LogP) is 10.3. The second-order valence-electron chi connectivity index (χ2n) is 22.4. The number of nitrogens with zero attached hydrogens (tertiary/aromatic N) is 2. The number of hydrogen-bond acceptors (Lipinski definition) is 4. The molecule has 1 amide bonds. The maximum Gasteiger partial charge on any atom is 0.335 e. The average Bonchev–Trinajstić information content (AvgIpc) is 3.80. The molecule has 2 aromatic carbocycles. The summed E-state index contributed by atoms with van der Waals surface area (Å²) in [5, 5.41) is 13.5. The molecular formula is C51H71N3O3. The van der Waals surface area contributed by atoms with Crippen molar-refractivity contribution in [3.63, 3.8) is 0 Å². The van der Waals surface area contributed by atoms with Gasteiger partial charge in [0.05, 0.1) is 12.1 Å². The highest BCUT2D eigenvalue weighted by atomic mass is 16.4. The van der Waals surface area contributed by atoms with E-state index in [-0.39, 0.29) is 38.6 Å². The summed E-state index contributed by atoms with van der Waals surface area (Å²) in [5.41, 5.74) is 5.08. The number of fused-ring (bicyclic) bond motifs is 9. The molecule has 0 unspecified atom stereocenters. The van der Waals surface area contributed by atoms with Crippen LogP contribution < -0.4 is 5.32 Å². The molecule has 2 bridgehead atoms. The molecule has 2 aliphatic heterocycles. The van der Waals surface area contributed by atoms with E-state index in [0.29, 0.717) is 53.7 Å². The van der Waals surface area contributed by atoms with Gasteiger partial charge in [0.15, 0.2) is 0 Å². The SMILES string of the molecule is CC(C)[C@@H]1CC[C@]2(NC(=O)CN3C[C@]4(C)C[C@H]3CN4Cc3ccccc3)CC[C@]3(C)[C@H](CC[C@@H]4[C@@]5(C)CC=C(c6ccc(C(=O)O)cc6)C(C)(C)[C@@H]5CC[C@]43C)[C@@H]12. The zero-order chi connectivity index (χ0) is 40.3. The minimum Gasteiger partial charge on any atom is -0.478 e. The van der Waals surface area contributed by atoms with Gasteiger partial charge in [0, 0.05) is 36.8 Å². The van der Waals surface area contributed by atoms with Crippen LogP contribution in [0.2, 0.25) is 0 Å². The molecule has 5 aliphatic carbocycles. The first-order valence-corrected chi connectivity index (χ1v) is 22.8. The molecule has 6 nitrogen and oxygen atoms in total. The molecule has 57 heavy (non-hydrogen) atoms. The van der Waals surface area contributed by atoms with Crippen LogP contribution in [0.3, 0.4) is 0 Å². The van der Waals surface area contributed by atoms with Crippen LogP contribution >= 0.6 is 0 Å². The lowest BCUT2D eigenvalue weighted by Gasteiger charge is -2.72. The Kier molecular flexibility index (Phi) is 9.37. The Bertz CT molecular complexity index is 1920. The first kappa shape index (κ1) is 39.5. The Hall–Kier alpha value is -2.96. The number of allylic oxidation sites excluding steroid dienone is 2. The fourth-order valence-electron chi connectivity index (χ4n) is 16.4. The quantitative estimate of drug-likeness (QED) is 0.280. The van der Waals surface area contributed by atoms with Crippen molar-refractivity contribution in [3.8, 4) is 0 Å². The van der Waals surface area contributed by atoms with Crippen LogP contribution in [0.25, 0.3) is 5.57 Å². The molecule has 7 aliphatic rings. The van der Waals surface area contributed by atoms with Crippen LogP contribution in [0.1, 0.15) is 141 Å². The van der Waals surface area contributed by atoms with Gasteiger partial charge in [-0.15, -0.1) is 0 Å². The molecule has 4 saturated carbocycles. The highest BCUT2D eigenvalue weighted by molar-refractivity contribution is 5.88. The molecule has 2 N–H and O–H groups in total. The Morgan fingerprint density at radius 1 is 0.842 bits per heavy atom. The lowest BCUT2D eigenvalue weighted by atomic mass is 9.33. The van der Waals surface area contributed by atoms with Crippen molar-refractivity contribution in [1.82, 2.24) is 15.1 Å². The van der Waals surface area contributed by atoms with E-state index < -0.39 is 5.97 Å². The first-order valence-electron chi connectivity index (χ1n) is 22.8. The zero-order valence-electron chi connectivity index (χ0n) is 36.4. The minimum atomic E-state index is -0.865. The number of likely N-dealkylation sites (tertiary alicyclic amines) is 2. The highest BCUT2D eigenvalue weighted by Gasteiger charge is 2.71. The van der Waals surface area contributed by atoms with Gasteiger partial charge in [-0.3, -0.25) is 14.6 Å². The van der Waals surface area contributed by atoms with E-state index >= 15 is 0 Å². The highest BCUT2D eigenvalue weighted by Crippen LogP contribution is 2.76. The van der Waals surface area contributed by atoms with E-state index in [4.69, 9.17) is 0 Å². The normalized spacial score (nSPS) is 42.2. The van der Waals surface area contributed by atoms with Crippen LogP contribution in [0.15, 0.2) is 60.7 Å². The number of carboxylic acids is 1. The van der Waals surface area contributed by atoms with Crippen molar-refractivity contribution in [2.24, 2.45) is 57.2 Å². The number of amides is 1. The van der Waals surface area contributed by atoms with Crippen molar-refractivity contribution < 1.29 is 14.7 Å². The summed E-state index contributed by atoms with van der Waals surface area (Å²) in [5.74, 6) is 3.09. The van der Waals surface area contributed by atoms with Gasteiger partial charge in [-0.05, 0) is 157 Å². The Labute approximate surface area is 343 Å². The maximum absolute atomic E-state index is 14.4. The van der Waals surface area contributed by atoms with Crippen molar-refractivity contribution in [2.75, 3.05) is 19.6 Å². The van der Waals surface area contributed by atoms with Crippen LogP contribution in [0, 0.1) is 57.2 Å². The lowest BCUT2D eigenvalue weighted by Crippen LogP contribution is -2.68. The van der Waals surface area contributed by atoms with E-state index in [2.05, 4.69) is 107 Å². The van der Waals surface area contributed by atoms with E-state index in [1.807, 2.05) is 12.1 Å². The Morgan fingerprint density at radius 2 is 1.58 bits per heavy atom. The van der Waals surface area contributed by atoms with Crippen LogP contribution in [0.4, 0.5) is 0 Å². The number of carbonyl (C=O) groups excluding carboxylic acids is 1. The average molecular weight is 774 g/mol. The maximum atomic E-state index is 14.4. The van der Waals surface area contributed by atoms with Crippen molar-refractivity contribution in [2.45, 2.75) is 143 Å². The van der Waals surface area contributed by atoms with Gasteiger partial charge in [0.1, 0.15) is 0 Å². The van der Waals surface area contributed by atoms with Crippen LogP contribution in [0.5, 0.6) is 0 Å². The number of carbonyl (C=O) groups is 2. The topological polar surface area (TPSA) is 72.9 Å². The summed E-state index contributed by atoms with van der Waals surface area (Å²) in [6.07, 6.45) is 14.6. The predicted molar refractivity (Wildman–Crippen MR) is 229 cm³/mol. The summed E-state index contributed by atoms with van der Waals surface area (Å²) in [7, 11) is 0. The third kappa shape index (κ3) is 5.90. The smallest absolute Gasteiger partial charge is 0.335 e. The standard InChI is InChI=1S/C51H71N3O3/c1-33(2)38-20-25-51(52-43(55)31-53-32-47(5)28-37(53)30-54(47)29-34-12-10-9-11-13-34)27-26-49(7)40(44(38)51)18-19-42-48(6)23-21-39(35-14-16-36(17-15-35)45(56)57)46(3,4)41(48)22-24-50(42,49)8/h9-17,21,33,37-38,40-42,44H,18-20,22-32H2,1-8H3,(H,52,55)(H,56,57)/t37-,38-,40+,41-,42+,44+,47-,48-,49+,50+,51-/m0/s1. The largest absolute Gasteiger partial charge is 0.478 e. The van der Waals surface area contributed by atoms with Gasteiger partial charge in [0.25, 0.3) is 0 Å². The summed E-state index contributed by atoms with van der Waals surface area (Å²) < 4.78 is 0. The van der Waals surface area contributed by atoms with Crippen LogP contribution in [-0.4, -0.2) is 63.5 Å². The second kappa shape index (κ2) is 13.5. The number of aromatic carboxylic acids is 1. The first-order chi connectivity index (χ1) is 26.9. The van der Waals surface area contributed by atoms with E-state index in [9.17, 15) is 14.7 Å². The summed E-state index contributed by atoms with van der Waals surface area (Å²) >= 11 is 0. The molecule has 0 aromatic heterocycles. The fraction of sp³-hybridized carbons (Fsp3) is 0.686. The number of piperazine rings is 1. The molecule has 6 fully saturated rings. The van der Waals surface area contributed by atoms with E-state index in [1.54, 1.807) is 12.1 Å². The Morgan fingerprint density at radius 3 is 2.25 bits per heavy atom. The van der Waals surface area contributed by atoms with Gasteiger partial charge in [-0.2, -0.15) is 0 Å². The molecule has 0 radical (unpaired) electrons. The molecule has 2 heterocycles. The van der Waals surface area contributed by atoms with Crippen molar-refractivity contribution in [1.29, 1.82) is 0 Å². The molecule has 2 saturated heterocycles. The molecule has 308 valence electrons. The van der Waals surface area contributed by atoms with Crippen molar-refractivity contribution in [3.05, 3.63) is 77.4 Å². The third-order valence-corrected chi connectivity index (χ3v) is 19.2. The zero-order valence-corrected chi connectivity index (χ0v) is 36.4. The summed E-state index contributed by atoms with van der Waals surface area (Å²) in [4.78, 5) is 31.2. The molecule has 0 spiro atoms. The van der Waals surface area contributed by atoms with Crippen molar-refractivity contribution >= 4 is 17.4 Å². The summed E-state index contributed by atoms with van der Waals surface area (Å²) in [6.45, 7) is 23.9. The second-order valence-corrected chi connectivity index (χ2v) is 22.4. The van der Waals surface area contributed by atoms with Gasteiger partial charge < -0.3 is 10.4 Å². The molecule has 2 aromatic rings. The number of hydrogen-bond donors (Lipinski definition) is 2. The minimum absolute atomic E-state index is 0.00343. The van der Waals surface area contributed by atoms with Gasteiger partial charge >= 0.3 is 5.97 Å². The lowest BCUT2D eigenvalue weighted by molar-refractivity contribution is -0.221. The number of carboxylic acid groups (broad SMARTS) is 1. The molecule has 11 atom stereocenters. The number of nitrogens with one attached hydrogen (secondary N) is 1.